The lowest BCUT2D eigenvalue weighted by atomic mass is 10.2. The van der Waals surface area contributed by atoms with E-state index in [1.807, 2.05) is 62.6 Å². The average molecular weight is 495 g/mol. The van der Waals surface area contributed by atoms with Crippen LogP contribution in [0.2, 0.25) is 0 Å². The molecule has 7 heteroatoms. The van der Waals surface area contributed by atoms with Crippen LogP contribution in [0.1, 0.15) is 11.4 Å². The van der Waals surface area contributed by atoms with E-state index in [4.69, 9.17) is 4.74 Å². The number of halogens is 1. The Hall–Kier alpha value is -2.77. The highest BCUT2D eigenvalue weighted by Gasteiger charge is 2.15. The fraction of sp³-hybridized carbons (Fsp3) is 0.167. The molecule has 1 aromatic heterocycles. The number of para-hydroxylation sites is 1. The zero-order valence-electron chi connectivity index (χ0n) is 17.4. The highest BCUT2D eigenvalue weighted by molar-refractivity contribution is 9.10. The lowest BCUT2D eigenvalue weighted by Gasteiger charge is -2.14. The predicted molar refractivity (Wildman–Crippen MR) is 130 cm³/mol. The summed E-state index contributed by atoms with van der Waals surface area (Å²) in [6, 6.07) is 26.5. The van der Waals surface area contributed by atoms with Gasteiger partial charge >= 0.3 is 0 Å². The largest absolute Gasteiger partial charge is 0.486 e. The first-order valence-corrected chi connectivity index (χ1v) is 11.6. The van der Waals surface area contributed by atoms with E-state index >= 15 is 0 Å². The third kappa shape index (κ3) is 5.48. The average Bonchev–Trinajstić information content (AvgIpc) is 3.20. The maximum absolute atomic E-state index is 6.07. The Morgan fingerprint density at radius 3 is 2.52 bits per heavy atom. The molecule has 0 bridgehead atoms. The second-order valence-electron chi connectivity index (χ2n) is 7.17. The molecule has 0 spiro atoms. The normalized spacial score (nSPS) is 10.8. The molecule has 1 heterocycles. The zero-order valence-corrected chi connectivity index (χ0v) is 19.8. The van der Waals surface area contributed by atoms with Crippen molar-refractivity contribution in [3.05, 3.63) is 94.7 Å². The molecule has 0 aliphatic carbocycles. The van der Waals surface area contributed by atoms with Crippen LogP contribution in [0.4, 0.5) is 5.69 Å². The van der Waals surface area contributed by atoms with Crippen molar-refractivity contribution in [1.29, 1.82) is 0 Å². The molecular weight excluding hydrogens is 472 g/mol. The van der Waals surface area contributed by atoms with E-state index in [9.17, 15) is 0 Å². The first kappa shape index (κ1) is 21.5. The Bertz CT molecular complexity index is 1150. The fourth-order valence-electron chi connectivity index (χ4n) is 3.10. The van der Waals surface area contributed by atoms with Crippen molar-refractivity contribution < 1.29 is 4.74 Å². The Morgan fingerprint density at radius 1 is 0.935 bits per heavy atom. The summed E-state index contributed by atoms with van der Waals surface area (Å²) >= 11 is 5.20. The van der Waals surface area contributed by atoms with Gasteiger partial charge in [-0.3, -0.25) is 4.57 Å². The summed E-state index contributed by atoms with van der Waals surface area (Å²) < 4.78 is 9.21. The fourth-order valence-corrected chi connectivity index (χ4v) is 4.46. The van der Waals surface area contributed by atoms with Gasteiger partial charge in [0.2, 0.25) is 0 Å². The molecule has 0 aliphatic heterocycles. The quantitative estimate of drug-likeness (QED) is 0.282. The first-order valence-electron chi connectivity index (χ1n) is 9.87. The summed E-state index contributed by atoms with van der Waals surface area (Å²) in [5, 5.41) is 9.75. The summed E-state index contributed by atoms with van der Waals surface area (Å²) in [7, 11) is 4.03. The lowest BCUT2D eigenvalue weighted by molar-refractivity contribution is 0.293. The van der Waals surface area contributed by atoms with Gasteiger partial charge in [-0.25, -0.2) is 0 Å². The number of hydrogen-bond acceptors (Lipinski definition) is 5. The van der Waals surface area contributed by atoms with E-state index < -0.39 is 0 Å². The molecule has 0 aliphatic rings. The molecule has 5 nitrogen and oxygen atoms in total. The van der Waals surface area contributed by atoms with Gasteiger partial charge in [-0.1, -0.05) is 64.1 Å². The Labute approximate surface area is 195 Å². The summed E-state index contributed by atoms with van der Waals surface area (Å²) in [4.78, 5) is 2.05. The second-order valence-corrected chi connectivity index (χ2v) is 9.03. The van der Waals surface area contributed by atoms with E-state index in [0.29, 0.717) is 6.61 Å². The highest BCUT2D eigenvalue weighted by Crippen LogP contribution is 2.27. The first-order chi connectivity index (χ1) is 15.1. The highest BCUT2D eigenvalue weighted by atomic mass is 79.9. The minimum Gasteiger partial charge on any atom is -0.486 e. The van der Waals surface area contributed by atoms with Gasteiger partial charge in [-0.15, -0.1) is 10.2 Å². The Balaban J connectivity index is 1.57. The monoisotopic (exact) mass is 494 g/mol. The SMILES string of the molecule is CN(C)c1cccc(OCc2nnc(SCc3cccc(Br)c3)n2-c2ccccc2)c1. The van der Waals surface area contributed by atoms with Gasteiger partial charge in [0.05, 0.1) is 0 Å². The van der Waals surface area contributed by atoms with Gasteiger partial charge in [0.15, 0.2) is 11.0 Å². The van der Waals surface area contributed by atoms with Crippen LogP contribution in [0.3, 0.4) is 0 Å². The smallest absolute Gasteiger partial charge is 0.196 e. The third-order valence-electron chi connectivity index (χ3n) is 4.67. The van der Waals surface area contributed by atoms with Gasteiger partial charge in [0.25, 0.3) is 0 Å². The molecular formula is C24H23BrN4OS. The lowest BCUT2D eigenvalue weighted by Crippen LogP contribution is -2.09. The van der Waals surface area contributed by atoms with Crippen LogP contribution in [-0.4, -0.2) is 28.9 Å². The van der Waals surface area contributed by atoms with Gasteiger partial charge in [-0.2, -0.15) is 0 Å². The van der Waals surface area contributed by atoms with Crippen LogP contribution in [0.5, 0.6) is 5.75 Å². The number of anilines is 1. The molecule has 4 aromatic rings. The van der Waals surface area contributed by atoms with Crippen LogP contribution >= 0.6 is 27.7 Å². The van der Waals surface area contributed by atoms with Crippen molar-refractivity contribution in [2.45, 2.75) is 17.5 Å². The van der Waals surface area contributed by atoms with E-state index in [2.05, 4.69) is 65.9 Å². The topological polar surface area (TPSA) is 43.2 Å². The van der Waals surface area contributed by atoms with Crippen molar-refractivity contribution in [3.63, 3.8) is 0 Å². The Morgan fingerprint density at radius 2 is 1.74 bits per heavy atom. The number of thioether (sulfide) groups is 1. The van der Waals surface area contributed by atoms with Crippen LogP contribution in [0.15, 0.2) is 88.5 Å². The number of hydrogen-bond donors (Lipinski definition) is 0. The molecule has 0 atom stereocenters. The van der Waals surface area contributed by atoms with Crippen molar-refractivity contribution in [2.24, 2.45) is 0 Å². The standard InChI is InChI=1S/C24H23BrN4OS/c1-28(2)21-12-7-13-22(15-21)30-16-23-26-27-24(29(23)20-10-4-3-5-11-20)31-17-18-8-6-9-19(25)14-18/h3-15H,16-17H2,1-2H3. The van der Waals surface area contributed by atoms with E-state index in [1.165, 1.54) is 5.56 Å². The summed E-state index contributed by atoms with van der Waals surface area (Å²) in [6.07, 6.45) is 0. The summed E-state index contributed by atoms with van der Waals surface area (Å²) in [6.45, 7) is 0.330. The molecule has 0 saturated carbocycles. The molecule has 0 N–H and O–H groups in total. The molecule has 158 valence electrons. The molecule has 0 unspecified atom stereocenters. The number of ether oxygens (including phenoxy) is 1. The van der Waals surface area contributed by atoms with E-state index in [0.717, 1.165) is 38.3 Å². The predicted octanol–water partition coefficient (Wildman–Crippen LogP) is 5.97. The number of benzene rings is 3. The zero-order chi connectivity index (χ0) is 21.6. The number of nitrogens with zero attached hydrogens (tertiary/aromatic N) is 4. The minimum atomic E-state index is 0.330. The number of rotatable bonds is 8. The van der Waals surface area contributed by atoms with E-state index in [1.54, 1.807) is 11.8 Å². The third-order valence-corrected chi connectivity index (χ3v) is 6.17. The molecule has 0 radical (unpaired) electrons. The van der Waals surface area contributed by atoms with Crippen molar-refractivity contribution in [3.8, 4) is 11.4 Å². The number of aromatic nitrogens is 3. The van der Waals surface area contributed by atoms with E-state index in [-0.39, 0.29) is 0 Å². The Kier molecular flexibility index (Phi) is 6.94. The maximum Gasteiger partial charge on any atom is 0.196 e. The van der Waals surface area contributed by atoms with Gasteiger partial charge < -0.3 is 9.64 Å². The van der Waals surface area contributed by atoms with Gasteiger partial charge in [-0.05, 0) is 42.0 Å². The summed E-state index contributed by atoms with van der Waals surface area (Å²) in [5.74, 6) is 2.37. The van der Waals surface area contributed by atoms with Crippen molar-refractivity contribution in [2.75, 3.05) is 19.0 Å². The molecule has 4 rings (SSSR count). The van der Waals surface area contributed by atoms with Gasteiger partial charge in [0.1, 0.15) is 12.4 Å². The van der Waals surface area contributed by atoms with Crippen LogP contribution in [0, 0.1) is 0 Å². The molecule has 0 saturated heterocycles. The van der Waals surface area contributed by atoms with Crippen molar-refractivity contribution in [1.82, 2.24) is 14.8 Å². The van der Waals surface area contributed by atoms with Crippen molar-refractivity contribution >= 4 is 33.4 Å². The van der Waals surface area contributed by atoms with Crippen LogP contribution in [0.25, 0.3) is 5.69 Å². The minimum absolute atomic E-state index is 0.330. The van der Waals surface area contributed by atoms with Crippen LogP contribution in [-0.2, 0) is 12.4 Å². The molecule has 0 amide bonds. The molecule has 0 fully saturated rings. The second kappa shape index (κ2) is 10.0. The van der Waals surface area contributed by atoms with Crippen LogP contribution < -0.4 is 9.64 Å². The molecule has 3 aromatic carbocycles. The van der Waals surface area contributed by atoms with Gasteiger partial charge in [0, 0.05) is 41.8 Å². The maximum atomic E-state index is 6.07. The molecule has 31 heavy (non-hydrogen) atoms. The summed E-state index contributed by atoms with van der Waals surface area (Å²) in [5.41, 5.74) is 3.33.